The van der Waals surface area contributed by atoms with Crippen molar-refractivity contribution in [1.82, 2.24) is 4.98 Å². The van der Waals surface area contributed by atoms with Crippen LogP contribution in [0.25, 0.3) is 10.9 Å². The second-order valence-corrected chi connectivity index (χ2v) is 6.39. The number of aliphatic hydroxyl groups is 1. The lowest BCUT2D eigenvalue weighted by atomic mass is 10.2. The Morgan fingerprint density at radius 3 is 2.59 bits per heavy atom. The molecule has 0 aliphatic rings. The van der Waals surface area contributed by atoms with Gasteiger partial charge in [-0.2, -0.15) is 0 Å². The molecule has 2 aromatic rings. The van der Waals surface area contributed by atoms with Crippen molar-refractivity contribution in [2.45, 2.75) is 17.9 Å². The Hall–Kier alpha value is -1.04. The number of halogens is 1. The Morgan fingerprint density at radius 1 is 1.41 bits per heavy atom. The van der Waals surface area contributed by atoms with Gasteiger partial charge in [-0.05, 0) is 25.1 Å². The van der Waals surface area contributed by atoms with Crippen LogP contribution in [0.4, 0.5) is 0 Å². The topological polar surface area (TPSA) is 70.2 Å². The van der Waals surface area contributed by atoms with E-state index in [1.165, 1.54) is 6.92 Å². The Morgan fingerprint density at radius 2 is 2.06 bits per heavy atom. The second kappa shape index (κ2) is 4.01. The van der Waals surface area contributed by atoms with Crippen LogP contribution in [0.5, 0.6) is 0 Å². The normalized spacial score (nSPS) is 14.1. The van der Waals surface area contributed by atoms with E-state index >= 15 is 0 Å². The van der Waals surface area contributed by atoms with Gasteiger partial charge in [0.15, 0.2) is 9.84 Å². The van der Waals surface area contributed by atoms with Crippen LogP contribution in [0.2, 0.25) is 5.02 Å². The molecule has 1 heterocycles. The summed E-state index contributed by atoms with van der Waals surface area (Å²) in [4.78, 5) is 3.03. The average Bonchev–Trinajstić information content (AvgIpc) is 2.55. The number of H-pyrrole nitrogens is 1. The van der Waals surface area contributed by atoms with Crippen molar-refractivity contribution in [1.29, 1.82) is 0 Å². The summed E-state index contributed by atoms with van der Waals surface area (Å²) in [6, 6.07) is 4.94. The molecule has 1 aromatic carbocycles. The predicted molar refractivity (Wildman–Crippen MR) is 67.1 cm³/mol. The van der Waals surface area contributed by atoms with E-state index in [2.05, 4.69) is 4.98 Å². The van der Waals surface area contributed by atoms with Crippen LogP contribution < -0.4 is 0 Å². The zero-order valence-electron chi connectivity index (χ0n) is 9.36. The fourth-order valence-corrected chi connectivity index (χ4v) is 3.22. The number of aromatic nitrogens is 1. The van der Waals surface area contributed by atoms with Crippen LogP contribution in [0.15, 0.2) is 23.1 Å². The third kappa shape index (κ3) is 2.18. The molecule has 0 aliphatic heterocycles. The van der Waals surface area contributed by atoms with Crippen molar-refractivity contribution < 1.29 is 13.5 Å². The summed E-state index contributed by atoms with van der Waals surface area (Å²) in [6.45, 7) is 1.51. The smallest absolute Gasteiger partial charge is 0.178 e. The number of aliphatic hydroxyl groups excluding tert-OH is 1. The summed E-state index contributed by atoms with van der Waals surface area (Å²) in [7, 11) is -3.43. The van der Waals surface area contributed by atoms with Gasteiger partial charge < -0.3 is 10.1 Å². The molecule has 1 atom stereocenters. The van der Waals surface area contributed by atoms with Crippen LogP contribution in [0.1, 0.15) is 18.7 Å². The molecule has 17 heavy (non-hydrogen) atoms. The summed E-state index contributed by atoms with van der Waals surface area (Å²) in [5.74, 6) is 0. The first-order valence-electron chi connectivity index (χ1n) is 5.00. The summed E-state index contributed by atoms with van der Waals surface area (Å²) >= 11 is 5.86. The number of sulfone groups is 1. The Kier molecular flexibility index (Phi) is 2.93. The van der Waals surface area contributed by atoms with Crippen molar-refractivity contribution in [3.05, 3.63) is 28.9 Å². The molecule has 0 spiro atoms. The van der Waals surface area contributed by atoms with Crippen LogP contribution in [-0.2, 0) is 9.84 Å². The minimum Gasteiger partial charge on any atom is -0.387 e. The highest BCUT2D eigenvalue weighted by atomic mass is 35.5. The Bertz CT molecular complexity index is 673. The van der Waals surface area contributed by atoms with E-state index in [-0.39, 0.29) is 4.90 Å². The predicted octanol–water partition coefficient (Wildman–Crippen LogP) is 2.28. The van der Waals surface area contributed by atoms with Crippen molar-refractivity contribution in [2.75, 3.05) is 6.26 Å². The van der Waals surface area contributed by atoms with Gasteiger partial charge in [-0.15, -0.1) is 0 Å². The van der Waals surface area contributed by atoms with Crippen molar-refractivity contribution in [2.24, 2.45) is 0 Å². The van der Waals surface area contributed by atoms with Gasteiger partial charge in [-0.25, -0.2) is 8.42 Å². The van der Waals surface area contributed by atoms with E-state index < -0.39 is 15.9 Å². The molecule has 6 heteroatoms. The highest BCUT2D eigenvalue weighted by Crippen LogP contribution is 2.32. The molecule has 4 nitrogen and oxygen atoms in total. The van der Waals surface area contributed by atoms with Gasteiger partial charge in [-0.1, -0.05) is 11.6 Å². The monoisotopic (exact) mass is 273 g/mol. The van der Waals surface area contributed by atoms with Gasteiger partial charge in [0.25, 0.3) is 0 Å². The van der Waals surface area contributed by atoms with Crippen LogP contribution in [-0.4, -0.2) is 24.8 Å². The first-order valence-corrected chi connectivity index (χ1v) is 7.27. The highest BCUT2D eigenvalue weighted by molar-refractivity contribution is 7.91. The summed E-state index contributed by atoms with van der Waals surface area (Å²) in [6.07, 6.45) is 0.230. The minimum atomic E-state index is -3.43. The van der Waals surface area contributed by atoms with E-state index in [0.717, 1.165) is 6.26 Å². The van der Waals surface area contributed by atoms with Crippen LogP contribution in [0.3, 0.4) is 0 Å². The standard InChI is InChI=1S/C11H12ClNO3S/c1-6(14)10-11(17(2,15)16)8-5-7(12)3-4-9(8)13-10/h3-6,13-14H,1-2H3. The number of aromatic amines is 1. The average molecular weight is 274 g/mol. The molecule has 0 fully saturated rings. The third-order valence-electron chi connectivity index (χ3n) is 2.53. The quantitative estimate of drug-likeness (QED) is 0.882. The van der Waals surface area contributed by atoms with Gasteiger partial charge in [0.05, 0.1) is 16.7 Å². The number of benzene rings is 1. The molecule has 0 radical (unpaired) electrons. The molecule has 2 rings (SSSR count). The van der Waals surface area contributed by atoms with Crippen LogP contribution >= 0.6 is 11.6 Å². The molecule has 2 N–H and O–H groups in total. The van der Waals surface area contributed by atoms with Crippen LogP contribution in [0, 0.1) is 0 Å². The fraction of sp³-hybridized carbons (Fsp3) is 0.273. The lowest BCUT2D eigenvalue weighted by molar-refractivity contribution is 0.192. The molecule has 0 bridgehead atoms. The highest BCUT2D eigenvalue weighted by Gasteiger charge is 2.22. The molecule has 0 saturated heterocycles. The Labute approximate surface area is 104 Å². The van der Waals surface area contributed by atoms with Gasteiger partial charge in [0.2, 0.25) is 0 Å². The second-order valence-electron chi connectivity index (χ2n) is 4.01. The Balaban J connectivity index is 2.93. The van der Waals surface area contributed by atoms with E-state index in [4.69, 9.17) is 11.6 Å². The zero-order valence-corrected chi connectivity index (χ0v) is 10.9. The largest absolute Gasteiger partial charge is 0.387 e. The van der Waals surface area contributed by atoms with E-state index in [1.807, 2.05) is 0 Å². The molecule has 92 valence electrons. The number of hydrogen-bond donors (Lipinski definition) is 2. The number of nitrogens with one attached hydrogen (secondary N) is 1. The molecule has 0 amide bonds. The summed E-state index contributed by atoms with van der Waals surface area (Å²) < 4.78 is 23.5. The van der Waals surface area contributed by atoms with E-state index in [0.29, 0.717) is 21.6 Å². The molecule has 0 saturated carbocycles. The lowest BCUT2D eigenvalue weighted by Gasteiger charge is -2.04. The van der Waals surface area contributed by atoms with Gasteiger partial charge >= 0.3 is 0 Å². The van der Waals surface area contributed by atoms with Gasteiger partial charge in [0.1, 0.15) is 0 Å². The number of hydrogen-bond acceptors (Lipinski definition) is 3. The van der Waals surface area contributed by atoms with Crippen molar-refractivity contribution in [3.63, 3.8) is 0 Å². The minimum absolute atomic E-state index is 0.116. The molecule has 1 aromatic heterocycles. The van der Waals surface area contributed by atoms with Crippen molar-refractivity contribution in [3.8, 4) is 0 Å². The molecular formula is C11H12ClNO3S. The molecular weight excluding hydrogens is 262 g/mol. The summed E-state index contributed by atoms with van der Waals surface area (Å²) in [5, 5.41) is 10.6. The first kappa shape index (κ1) is 12.4. The van der Waals surface area contributed by atoms with E-state index in [9.17, 15) is 13.5 Å². The van der Waals surface area contributed by atoms with Gasteiger partial charge in [-0.3, -0.25) is 0 Å². The zero-order chi connectivity index (χ0) is 12.8. The maximum atomic E-state index is 11.8. The lowest BCUT2D eigenvalue weighted by Crippen LogP contribution is -2.03. The fourth-order valence-electron chi connectivity index (χ4n) is 1.85. The maximum absolute atomic E-state index is 11.8. The van der Waals surface area contributed by atoms with Gasteiger partial charge in [0, 0.05) is 22.2 Å². The SMILES string of the molecule is CC(O)c1[nH]c2ccc(Cl)cc2c1S(C)(=O)=O. The summed E-state index contributed by atoms with van der Waals surface area (Å²) in [5.41, 5.74) is 0.940. The maximum Gasteiger partial charge on any atom is 0.178 e. The number of fused-ring (bicyclic) bond motifs is 1. The molecule has 0 aliphatic carbocycles. The third-order valence-corrected chi connectivity index (χ3v) is 3.95. The number of rotatable bonds is 2. The van der Waals surface area contributed by atoms with E-state index in [1.54, 1.807) is 18.2 Å². The first-order chi connectivity index (χ1) is 7.80. The van der Waals surface area contributed by atoms with Crippen molar-refractivity contribution >= 4 is 32.3 Å². The molecule has 1 unspecified atom stereocenters.